The summed E-state index contributed by atoms with van der Waals surface area (Å²) in [5.74, 6) is 6.61. The molecule has 0 aliphatic carbocycles. The van der Waals surface area contributed by atoms with Crippen LogP contribution in [-0.4, -0.2) is 24.0 Å². The van der Waals surface area contributed by atoms with E-state index in [4.69, 9.17) is 4.74 Å². The highest BCUT2D eigenvalue weighted by Crippen LogP contribution is 2.18. The van der Waals surface area contributed by atoms with Crippen molar-refractivity contribution in [2.24, 2.45) is 0 Å². The average Bonchev–Trinajstić information content (AvgIpc) is 3.02. The fourth-order valence-electron chi connectivity index (χ4n) is 2.60. The summed E-state index contributed by atoms with van der Waals surface area (Å²) in [5, 5.41) is 3.89. The van der Waals surface area contributed by atoms with Crippen molar-refractivity contribution in [2.75, 3.05) is 13.2 Å². The lowest BCUT2D eigenvalue weighted by molar-refractivity contribution is -0.120. The van der Waals surface area contributed by atoms with Gasteiger partial charge >= 0.3 is 0 Å². The standard InChI is InChI=1S/C21H20N2O2/c1-16-8-2-5-11-20(16)25-13-7-6-12-22-21(24)14-17-15-23-19-10-4-3-9-18(17)19/h2-5,8-11,15,23H,12-14H2,1H3,(H,22,24). The topological polar surface area (TPSA) is 54.1 Å². The Bertz CT molecular complexity index is 931. The predicted octanol–water partition coefficient (Wildman–Crippen LogP) is 3.22. The van der Waals surface area contributed by atoms with Gasteiger partial charge in [0.15, 0.2) is 0 Å². The predicted molar refractivity (Wildman–Crippen MR) is 99.5 cm³/mol. The van der Waals surface area contributed by atoms with Gasteiger partial charge < -0.3 is 15.0 Å². The molecule has 1 amide bonds. The van der Waals surface area contributed by atoms with Crippen LogP contribution in [-0.2, 0) is 11.2 Å². The van der Waals surface area contributed by atoms with Crippen molar-refractivity contribution >= 4 is 16.8 Å². The molecule has 0 saturated heterocycles. The van der Waals surface area contributed by atoms with Crippen LogP contribution < -0.4 is 10.1 Å². The summed E-state index contributed by atoms with van der Waals surface area (Å²) in [6.07, 6.45) is 2.22. The zero-order valence-electron chi connectivity index (χ0n) is 14.1. The minimum absolute atomic E-state index is 0.0427. The summed E-state index contributed by atoms with van der Waals surface area (Å²) >= 11 is 0. The van der Waals surface area contributed by atoms with Crippen LogP contribution in [0.5, 0.6) is 5.75 Å². The minimum atomic E-state index is -0.0427. The van der Waals surface area contributed by atoms with E-state index in [1.165, 1.54) is 0 Å². The van der Waals surface area contributed by atoms with Crippen LogP contribution in [0.2, 0.25) is 0 Å². The lowest BCUT2D eigenvalue weighted by Crippen LogP contribution is -2.25. The van der Waals surface area contributed by atoms with Gasteiger partial charge in [0.1, 0.15) is 12.4 Å². The second kappa shape index (κ2) is 8.07. The summed E-state index contributed by atoms with van der Waals surface area (Å²) in [4.78, 5) is 15.2. The third-order valence-corrected chi connectivity index (χ3v) is 3.92. The van der Waals surface area contributed by atoms with Gasteiger partial charge in [-0.25, -0.2) is 0 Å². The molecule has 3 rings (SSSR count). The number of aryl methyl sites for hydroxylation is 1. The van der Waals surface area contributed by atoms with Crippen LogP contribution in [0.1, 0.15) is 11.1 Å². The molecule has 4 heteroatoms. The van der Waals surface area contributed by atoms with Gasteiger partial charge in [0.05, 0.1) is 13.0 Å². The smallest absolute Gasteiger partial charge is 0.225 e. The molecule has 0 aliphatic rings. The Morgan fingerprint density at radius 2 is 1.92 bits per heavy atom. The molecular formula is C21H20N2O2. The SMILES string of the molecule is Cc1ccccc1OCC#CCNC(=O)Cc1c[nH]c2ccccc12. The number of para-hydroxylation sites is 2. The van der Waals surface area contributed by atoms with E-state index in [0.717, 1.165) is 27.8 Å². The molecule has 1 heterocycles. The second-order valence-corrected chi connectivity index (χ2v) is 5.72. The number of benzene rings is 2. The van der Waals surface area contributed by atoms with Crippen LogP contribution >= 0.6 is 0 Å². The third kappa shape index (κ3) is 4.42. The van der Waals surface area contributed by atoms with E-state index >= 15 is 0 Å². The number of nitrogens with one attached hydrogen (secondary N) is 2. The molecular weight excluding hydrogens is 312 g/mol. The van der Waals surface area contributed by atoms with Gasteiger partial charge in [0.25, 0.3) is 0 Å². The number of fused-ring (bicyclic) bond motifs is 1. The van der Waals surface area contributed by atoms with Gasteiger partial charge in [-0.05, 0) is 30.2 Å². The highest BCUT2D eigenvalue weighted by molar-refractivity contribution is 5.88. The van der Waals surface area contributed by atoms with Gasteiger partial charge in [-0.3, -0.25) is 4.79 Å². The average molecular weight is 332 g/mol. The lowest BCUT2D eigenvalue weighted by atomic mass is 10.1. The zero-order valence-corrected chi connectivity index (χ0v) is 14.1. The first kappa shape index (κ1) is 16.7. The minimum Gasteiger partial charge on any atom is -0.481 e. The number of rotatable bonds is 5. The van der Waals surface area contributed by atoms with E-state index in [1.807, 2.05) is 61.7 Å². The maximum Gasteiger partial charge on any atom is 0.225 e. The molecule has 0 atom stereocenters. The molecule has 0 fully saturated rings. The van der Waals surface area contributed by atoms with Crippen molar-refractivity contribution in [1.82, 2.24) is 10.3 Å². The highest BCUT2D eigenvalue weighted by Gasteiger charge is 2.07. The summed E-state index contributed by atoms with van der Waals surface area (Å²) in [5.41, 5.74) is 3.11. The van der Waals surface area contributed by atoms with E-state index in [9.17, 15) is 4.79 Å². The molecule has 0 spiro atoms. The van der Waals surface area contributed by atoms with Crippen molar-refractivity contribution in [3.63, 3.8) is 0 Å². The Kier molecular flexibility index (Phi) is 5.38. The molecule has 2 aromatic carbocycles. The molecule has 0 saturated carbocycles. The van der Waals surface area contributed by atoms with E-state index in [1.54, 1.807) is 0 Å². The molecule has 0 bridgehead atoms. The quantitative estimate of drug-likeness (QED) is 0.705. The lowest BCUT2D eigenvalue weighted by Gasteiger charge is -2.04. The Balaban J connectivity index is 1.43. The fourth-order valence-corrected chi connectivity index (χ4v) is 2.60. The van der Waals surface area contributed by atoms with Gasteiger partial charge in [-0.2, -0.15) is 0 Å². The molecule has 0 radical (unpaired) electrons. The molecule has 1 aromatic heterocycles. The van der Waals surface area contributed by atoms with Crippen molar-refractivity contribution < 1.29 is 9.53 Å². The van der Waals surface area contributed by atoms with Gasteiger partial charge in [-0.15, -0.1) is 0 Å². The number of H-pyrrole nitrogens is 1. The van der Waals surface area contributed by atoms with E-state index in [-0.39, 0.29) is 5.91 Å². The second-order valence-electron chi connectivity index (χ2n) is 5.72. The molecule has 2 N–H and O–H groups in total. The highest BCUT2D eigenvalue weighted by atomic mass is 16.5. The first-order chi connectivity index (χ1) is 12.2. The van der Waals surface area contributed by atoms with Crippen LogP contribution in [0.3, 0.4) is 0 Å². The summed E-state index contributed by atoms with van der Waals surface area (Å²) in [7, 11) is 0. The van der Waals surface area contributed by atoms with Crippen molar-refractivity contribution in [3.05, 3.63) is 65.9 Å². The van der Waals surface area contributed by atoms with E-state index in [0.29, 0.717) is 19.6 Å². The van der Waals surface area contributed by atoms with Crippen LogP contribution in [0, 0.1) is 18.8 Å². The fraction of sp³-hybridized carbons (Fsp3) is 0.190. The molecule has 3 aromatic rings. The maximum atomic E-state index is 12.0. The number of carbonyl (C=O) groups excluding carboxylic acids is 1. The summed E-state index contributed by atoms with van der Waals surface area (Å²) in [6.45, 7) is 2.62. The number of hydrogen-bond acceptors (Lipinski definition) is 2. The monoisotopic (exact) mass is 332 g/mol. The number of amides is 1. The molecule has 4 nitrogen and oxygen atoms in total. The van der Waals surface area contributed by atoms with Crippen LogP contribution in [0.4, 0.5) is 0 Å². The molecule has 0 unspecified atom stereocenters. The number of aromatic nitrogens is 1. The maximum absolute atomic E-state index is 12.0. The first-order valence-electron chi connectivity index (χ1n) is 8.20. The summed E-state index contributed by atoms with van der Waals surface area (Å²) < 4.78 is 5.59. The normalized spacial score (nSPS) is 10.1. The van der Waals surface area contributed by atoms with Crippen molar-refractivity contribution in [1.29, 1.82) is 0 Å². The van der Waals surface area contributed by atoms with Crippen molar-refractivity contribution in [2.45, 2.75) is 13.3 Å². The number of aromatic amines is 1. The molecule has 25 heavy (non-hydrogen) atoms. The largest absolute Gasteiger partial charge is 0.481 e. The number of hydrogen-bond donors (Lipinski definition) is 2. The number of carbonyl (C=O) groups is 1. The zero-order chi connectivity index (χ0) is 17.5. The first-order valence-corrected chi connectivity index (χ1v) is 8.20. The Morgan fingerprint density at radius 1 is 1.12 bits per heavy atom. The third-order valence-electron chi connectivity index (χ3n) is 3.92. The van der Waals surface area contributed by atoms with Crippen LogP contribution in [0.15, 0.2) is 54.7 Å². The Hall–Kier alpha value is -3.19. The van der Waals surface area contributed by atoms with Gasteiger partial charge in [-0.1, -0.05) is 48.2 Å². The van der Waals surface area contributed by atoms with Crippen LogP contribution in [0.25, 0.3) is 10.9 Å². The van der Waals surface area contributed by atoms with E-state index < -0.39 is 0 Å². The number of ether oxygens (including phenoxy) is 1. The van der Waals surface area contributed by atoms with E-state index in [2.05, 4.69) is 22.1 Å². The molecule has 0 aliphatic heterocycles. The Labute approximate surface area is 147 Å². The van der Waals surface area contributed by atoms with Gasteiger partial charge in [0.2, 0.25) is 5.91 Å². The summed E-state index contributed by atoms with van der Waals surface area (Å²) in [6, 6.07) is 15.8. The van der Waals surface area contributed by atoms with Gasteiger partial charge in [0, 0.05) is 17.1 Å². The molecule has 126 valence electrons. The Morgan fingerprint density at radius 3 is 2.80 bits per heavy atom. The van der Waals surface area contributed by atoms with Crippen molar-refractivity contribution in [3.8, 4) is 17.6 Å².